The highest BCUT2D eigenvalue weighted by Crippen LogP contribution is 2.29. The van der Waals surface area contributed by atoms with Gasteiger partial charge in [0.1, 0.15) is 23.0 Å². The van der Waals surface area contributed by atoms with Gasteiger partial charge in [0, 0.05) is 6.07 Å². The molecule has 0 saturated heterocycles. The Labute approximate surface area is 107 Å². The maximum absolute atomic E-state index is 5.82. The van der Waals surface area contributed by atoms with Gasteiger partial charge in [0.15, 0.2) is 0 Å². The zero-order valence-electron chi connectivity index (χ0n) is 10.8. The first-order valence-corrected chi connectivity index (χ1v) is 5.69. The minimum atomic E-state index is 0.752. The van der Waals surface area contributed by atoms with E-state index in [2.05, 4.69) is 0 Å². The minimum absolute atomic E-state index is 0.752. The minimum Gasteiger partial charge on any atom is -0.497 e. The predicted molar refractivity (Wildman–Crippen MR) is 70.8 cm³/mol. The van der Waals surface area contributed by atoms with Gasteiger partial charge in [-0.3, -0.25) is 0 Å². The lowest BCUT2D eigenvalue weighted by molar-refractivity contribution is 0.406. The molecule has 0 saturated carbocycles. The van der Waals surface area contributed by atoms with Crippen molar-refractivity contribution in [1.29, 1.82) is 0 Å². The molecule has 0 aliphatic heterocycles. The molecule has 18 heavy (non-hydrogen) atoms. The third kappa shape index (κ3) is 2.74. The highest BCUT2D eigenvalue weighted by molar-refractivity contribution is 5.43. The van der Waals surface area contributed by atoms with Crippen LogP contribution in [0.5, 0.6) is 23.0 Å². The Bertz CT molecular complexity index is 535. The summed E-state index contributed by atoms with van der Waals surface area (Å²) in [6, 6.07) is 13.2. The number of ether oxygens (including phenoxy) is 3. The molecular formula is C15H16O3. The van der Waals surface area contributed by atoms with Gasteiger partial charge in [-0.25, -0.2) is 0 Å². The van der Waals surface area contributed by atoms with Gasteiger partial charge in [-0.2, -0.15) is 0 Å². The summed E-state index contributed by atoms with van der Waals surface area (Å²) < 4.78 is 16.1. The van der Waals surface area contributed by atoms with Gasteiger partial charge in [0.05, 0.1) is 14.2 Å². The molecular weight excluding hydrogens is 228 g/mol. The number of hydrogen-bond acceptors (Lipinski definition) is 3. The normalized spacial score (nSPS) is 9.94. The summed E-state index contributed by atoms with van der Waals surface area (Å²) in [5, 5.41) is 0. The van der Waals surface area contributed by atoms with Gasteiger partial charge in [0.25, 0.3) is 0 Å². The standard InChI is InChI=1S/C15H16O3/c1-11-9-13(17-3)7-8-15(11)18-14-6-4-5-12(10-14)16-2/h4-10H,1-3H3. The molecule has 0 bridgehead atoms. The van der Waals surface area contributed by atoms with E-state index in [9.17, 15) is 0 Å². The topological polar surface area (TPSA) is 27.7 Å². The summed E-state index contributed by atoms with van der Waals surface area (Å²) in [5.41, 5.74) is 1.03. The fourth-order valence-corrected chi connectivity index (χ4v) is 1.66. The van der Waals surface area contributed by atoms with E-state index in [0.29, 0.717) is 0 Å². The van der Waals surface area contributed by atoms with Crippen LogP contribution < -0.4 is 14.2 Å². The van der Waals surface area contributed by atoms with Gasteiger partial charge in [-0.15, -0.1) is 0 Å². The lowest BCUT2D eigenvalue weighted by Gasteiger charge is -2.10. The third-order valence-electron chi connectivity index (χ3n) is 2.65. The smallest absolute Gasteiger partial charge is 0.131 e. The molecule has 0 radical (unpaired) electrons. The van der Waals surface area contributed by atoms with Gasteiger partial charge in [0.2, 0.25) is 0 Å². The summed E-state index contributed by atoms with van der Waals surface area (Å²) >= 11 is 0. The highest BCUT2D eigenvalue weighted by atomic mass is 16.5. The first-order chi connectivity index (χ1) is 8.72. The van der Waals surface area contributed by atoms with Crippen LogP contribution in [0.2, 0.25) is 0 Å². The molecule has 0 aliphatic carbocycles. The first-order valence-electron chi connectivity index (χ1n) is 5.69. The fourth-order valence-electron chi connectivity index (χ4n) is 1.66. The number of aryl methyl sites for hydroxylation is 1. The van der Waals surface area contributed by atoms with E-state index in [1.54, 1.807) is 14.2 Å². The Kier molecular flexibility index (Phi) is 3.72. The van der Waals surface area contributed by atoms with Crippen molar-refractivity contribution < 1.29 is 14.2 Å². The van der Waals surface area contributed by atoms with Gasteiger partial charge in [-0.05, 0) is 42.8 Å². The lowest BCUT2D eigenvalue weighted by Crippen LogP contribution is -1.90. The number of hydrogen-bond donors (Lipinski definition) is 0. The monoisotopic (exact) mass is 244 g/mol. The molecule has 0 unspecified atom stereocenters. The van der Waals surface area contributed by atoms with E-state index < -0.39 is 0 Å². The van der Waals surface area contributed by atoms with Crippen LogP contribution in [-0.2, 0) is 0 Å². The fraction of sp³-hybridized carbons (Fsp3) is 0.200. The molecule has 94 valence electrons. The van der Waals surface area contributed by atoms with Crippen LogP contribution >= 0.6 is 0 Å². The average molecular weight is 244 g/mol. The summed E-state index contributed by atoms with van der Waals surface area (Å²) in [6.45, 7) is 1.98. The van der Waals surface area contributed by atoms with Crippen molar-refractivity contribution in [3.63, 3.8) is 0 Å². The molecule has 3 heteroatoms. The summed E-state index contributed by atoms with van der Waals surface area (Å²) in [6.07, 6.45) is 0. The lowest BCUT2D eigenvalue weighted by atomic mass is 10.2. The van der Waals surface area contributed by atoms with E-state index in [0.717, 1.165) is 28.6 Å². The quantitative estimate of drug-likeness (QED) is 0.818. The molecule has 0 atom stereocenters. The van der Waals surface area contributed by atoms with E-state index in [1.807, 2.05) is 49.4 Å². The molecule has 0 heterocycles. The Hall–Kier alpha value is -2.16. The Morgan fingerprint density at radius 1 is 0.778 bits per heavy atom. The SMILES string of the molecule is COc1cccc(Oc2ccc(OC)cc2C)c1. The van der Waals surface area contributed by atoms with Crippen molar-refractivity contribution in [2.45, 2.75) is 6.92 Å². The van der Waals surface area contributed by atoms with Crippen LogP contribution in [0.4, 0.5) is 0 Å². The second-order valence-corrected chi connectivity index (χ2v) is 3.91. The van der Waals surface area contributed by atoms with Gasteiger partial charge < -0.3 is 14.2 Å². The van der Waals surface area contributed by atoms with Crippen molar-refractivity contribution in [3.8, 4) is 23.0 Å². The largest absolute Gasteiger partial charge is 0.497 e. The Balaban J connectivity index is 2.22. The molecule has 2 aromatic rings. The van der Waals surface area contributed by atoms with Crippen molar-refractivity contribution in [2.24, 2.45) is 0 Å². The first kappa shape index (κ1) is 12.3. The molecule has 0 amide bonds. The second kappa shape index (κ2) is 5.45. The van der Waals surface area contributed by atoms with Crippen molar-refractivity contribution >= 4 is 0 Å². The summed E-state index contributed by atoms with van der Waals surface area (Å²) in [4.78, 5) is 0. The molecule has 0 N–H and O–H groups in total. The Morgan fingerprint density at radius 2 is 1.44 bits per heavy atom. The van der Waals surface area contributed by atoms with Gasteiger partial charge >= 0.3 is 0 Å². The van der Waals surface area contributed by atoms with Crippen LogP contribution in [0.3, 0.4) is 0 Å². The summed E-state index contributed by atoms with van der Waals surface area (Å²) in [7, 11) is 3.29. The van der Waals surface area contributed by atoms with Crippen LogP contribution in [-0.4, -0.2) is 14.2 Å². The number of methoxy groups -OCH3 is 2. The summed E-state index contributed by atoms with van der Waals surface area (Å²) in [5.74, 6) is 3.16. The Morgan fingerprint density at radius 3 is 2.11 bits per heavy atom. The van der Waals surface area contributed by atoms with E-state index in [-0.39, 0.29) is 0 Å². The third-order valence-corrected chi connectivity index (χ3v) is 2.65. The van der Waals surface area contributed by atoms with Crippen molar-refractivity contribution in [2.75, 3.05) is 14.2 Å². The van der Waals surface area contributed by atoms with Crippen LogP contribution in [0.15, 0.2) is 42.5 Å². The maximum atomic E-state index is 5.82. The zero-order chi connectivity index (χ0) is 13.0. The van der Waals surface area contributed by atoms with Crippen molar-refractivity contribution in [3.05, 3.63) is 48.0 Å². The van der Waals surface area contributed by atoms with E-state index >= 15 is 0 Å². The number of benzene rings is 2. The van der Waals surface area contributed by atoms with Crippen molar-refractivity contribution in [1.82, 2.24) is 0 Å². The molecule has 0 aromatic heterocycles. The maximum Gasteiger partial charge on any atom is 0.131 e. The second-order valence-electron chi connectivity index (χ2n) is 3.91. The van der Waals surface area contributed by atoms with Crippen LogP contribution in [0.25, 0.3) is 0 Å². The molecule has 0 fully saturated rings. The molecule has 0 aliphatic rings. The van der Waals surface area contributed by atoms with Crippen LogP contribution in [0.1, 0.15) is 5.56 Å². The zero-order valence-corrected chi connectivity index (χ0v) is 10.8. The van der Waals surface area contributed by atoms with Crippen LogP contribution in [0, 0.1) is 6.92 Å². The molecule has 2 aromatic carbocycles. The van der Waals surface area contributed by atoms with E-state index in [1.165, 1.54) is 0 Å². The van der Waals surface area contributed by atoms with E-state index in [4.69, 9.17) is 14.2 Å². The molecule has 2 rings (SSSR count). The molecule has 0 spiro atoms. The predicted octanol–water partition coefficient (Wildman–Crippen LogP) is 3.80. The highest BCUT2D eigenvalue weighted by Gasteiger charge is 2.04. The van der Waals surface area contributed by atoms with Gasteiger partial charge in [-0.1, -0.05) is 6.07 Å². The number of rotatable bonds is 4. The molecule has 3 nitrogen and oxygen atoms in total. The average Bonchev–Trinajstić information content (AvgIpc) is 2.41.